The van der Waals surface area contributed by atoms with Crippen LogP contribution in [0.15, 0.2) is 54.6 Å². The van der Waals surface area contributed by atoms with Crippen molar-refractivity contribution in [1.82, 2.24) is 4.98 Å². The van der Waals surface area contributed by atoms with E-state index in [2.05, 4.69) is 4.98 Å². The average Bonchev–Trinajstić information content (AvgIpc) is 3.03. The molecule has 1 aromatic heterocycles. The first-order valence-electron chi connectivity index (χ1n) is 7.39. The third kappa shape index (κ3) is 4.15. The highest BCUT2D eigenvalue weighted by atomic mass is 32.1. The molecule has 0 aliphatic heterocycles. The van der Waals surface area contributed by atoms with E-state index in [0.29, 0.717) is 10.6 Å². The first-order chi connectivity index (χ1) is 12.3. The maximum atomic E-state index is 12.3. The number of hydrogen-bond donors (Lipinski definition) is 1. The number of carbonyl (C=O) groups is 2. The lowest BCUT2D eigenvalue weighted by Gasteiger charge is -2.08. The summed E-state index contributed by atoms with van der Waals surface area (Å²) in [6.07, 6.45) is -2.21. The number of ketones is 1. The summed E-state index contributed by atoms with van der Waals surface area (Å²) in [7, 11) is 0. The van der Waals surface area contributed by atoms with Gasteiger partial charge in [-0.2, -0.15) is 13.2 Å². The van der Waals surface area contributed by atoms with E-state index in [1.165, 1.54) is 41.7 Å². The van der Waals surface area contributed by atoms with Gasteiger partial charge in [-0.1, -0.05) is 30.3 Å². The molecule has 0 spiro atoms. The maximum absolute atomic E-state index is 12.3. The number of hydrogen-bond acceptors (Lipinski definition) is 4. The number of thiazole rings is 1. The van der Waals surface area contributed by atoms with Crippen LogP contribution in [-0.2, 0) is 4.79 Å². The summed E-state index contributed by atoms with van der Waals surface area (Å²) < 4.78 is 37.8. The molecule has 0 saturated carbocycles. The molecule has 0 unspecified atom stereocenters. The van der Waals surface area contributed by atoms with Crippen molar-refractivity contribution >= 4 is 45.0 Å². The van der Waals surface area contributed by atoms with Gasteiger partial charge < -0.3 is 5.32 Å². The van der Waals surface area contributed by atoms with Gasteiger partial charge in [-0.15, -0.1) is 11.3 Å². The monoisotopic (exact) mass is 376 g/mol. The fourth-order valence-electron chi connectivity index (χ4n) is 2.14. The Balaban J connectivity index is 1.74. The molecule has 0 bridgehead atoms. The highest BCUT2D eigenvalue weighted by Gasteiger charge is 2.38. The van der Waals surface area contributed by atoms with Crippen LogP contribution in [0.3, 0.4) is 0 Å². The lowest BCUT2D eigenvalue weighted by molar-refractivity contribution is -0.167. The summed E-state index contributed by atoms with van der Waals surface area (Å²) in [6, 6.07) is 13.1. The molecular formula is C18H11F3N2O2S. The summed E-state index contributed by atoms with van der Waals surface area (Å²) in [6.45, 7) is 0. The SMILES string of the molecule is O=C(C=Cc1cccc(NC(=O)C(F)(F)F)c1)c1nc2ccccc2s1. The van der Waals surface area contributed by atoms with Crippen LogP contribution < -0.4 is 5.32 Å². The number of para-hydroxylation sites is 1. The summed E-state index contributed by atoms with van der Waals surface area (Å²) in [4.78, 5) is 27.4. The molecule has 1 heterocycles. The topological polar surface area (TPSA) is 59.1 Å². The predicted octanol–water partition coefficient (Wildman–Crippen LogP) is 4.69. The van der Waals surface area contributed by atoms with Gasteiger partial charge in [0.05, 0.1) is 10.2 Å². The molecule has 3 aromatic rings. The summed E-state index contributed by atoms with van der Waals surface area (Å²) >= 11 is 1.26. The second-order valence-corrected chi connectivity index (χ2v) is 6.29. The van der Waals surface area contributed by atoms with Gasteiger partial charge >= 0.3 is 12.1 Å². The lowest BCUT2D eigenvalue weighted by Crippen LogP contribution is -2.29. The van der Waals surface area contributed by atoms with Crippen molar-refractivity contribution in [2.75, 3.05) is 5.32 Å². The molecule has 2 aromatic carbocycles. The quantitative estimate of drug-likeness (QED) is 0.531. The van der Waals surface area contributed by atoms with E-state index < -0.39 is 12.1 Å². The molecule has 0 radical (unpaired) electrons. The number of nitrogens with zero attached hydrogens (tertiary/aromatic N) is 1. The number of halogens is 3. The van der Waals surface area contributed by atoms with E-state index in [1.54, 1.807) is 17.4 Å². The molecule has 0 aliphatic carbocycles. The number of allylic oxidation sites excluding steroid dienone is 1. The average molecular weight is 376 g/mol. The zero-order valence-corrected chi connectivity index (χ0v) is 13.9. The van der Waals surface area contributed by atoms with Crippen LogP contribution in [0.2, 0.25) is 0 Å². The number of alkyl halides is 3. The van der Waals surface area contributed by atoms with E-state index in [-0.39, 0.29) is 11.5 Å². The lowest BCUT2D eigenvalue weighted by atomic mass is 10.1. The van der Waals surface area contributed by atoms with Crippen molar-refractivity contribution in [1.29, 1.82) is 0 Å². The zero-order valence-electron chi connectivity index (χ0n) is 13.1. The minimum Gasteiger partial charge on any atom is -0.318 e. The molecular weight excluding hydrogens is 365 g/mol. The second kappa shape index (κ2) is 7.09. The molecule has 8 heteroatoms. The standard InChI is InChI=1S/C18H11F3N2O2S/c19-18(20,21)17(25)22-12-5-3-4-11(10-12)8-9-14(24)16-23-13-6-1-2-7-15(13)26-16/h1-10H,(H,22,25). The van der Waals surface area contributed by atoms with Crippen LogP contribution in [-0.4, -0.2) is 22.9 Å². The van der Waals surface area contributed by atoms with E-state index in [1.807, 2.05) is 18.2 Å². The third-order valence-corrected chi connectivity index (χ3v) is 4.38. The Labute approximate surface area is 150 Å². The van der Waals surface area contributed by atoms with Crippen LogP contribution in [0, 0.1) is 0 Å². The summed E-state index contributed by atoms with van der Waals surface area (Å²) in [5.41, 5.74) is 1.19. The van der Waals surface area contributed by atoms with Gasteiger partial charge in [-0.3, -0.25) is 9.59 Å². The normalized spacial score (nSPS) is 11.8. The largest absolute Gasteiger partial charge is 0.471 e. The Kier molecular flexibility index (Phi) is 4.85. The van der Waals surface area contributed by atoms with Crippen LogP contribution in [0.25, 0.3) is 16.3 Å². The number of carbonyl (C=O) groups excluding carboxylic acids is 2. The van der Waals surface area contributed by atoms with Crippen LogP contribution in [0.1, 0.15) is 15.4 Å². The molecule has 0 aliphatic rings. The number of aromatic nitrogens is 1. The molecule has 26 heavy (non-hydrogen) atoms. The van der Waals surface area contributed by atoms with Crippen molar-refractivity contribution in [2.45, 2.75) is 6.18 Å². The Morgan fingerprint density at radius 3 is 2.58 bits per heavy atom. The van der Waals surface area contributed by atoms with E-state index in [0.717, 1.165) is 10.2 Å². The van der Waals surface area contributed by atoms with Crippen LogP contribution in [0.4, 0.5) is 18.9 Å². The van der Waals surface area contributed by atoms with Crippen molar-refractivity contribution in [2.24, 2.45) is 0 Å². The first-order valence-corrected chi connectivity index (χ1v) is 8.21. The number of amides is 1. The van der Waals surface area contributed by atoms with Gasteiger partial charge in [0.1, 0.15) is 0 Å². The Morgan fingerprint density at radius 1 is 1.08 bits per heavy atom. The van der Waals surface area contributed by atoms with Gasteiger partial charge in [-0.25, -0.2) is 4.98 Å². The molecule has 0 fully saturated rings. The molecule has 3 rings (SSSR count). The van der Waals surface area contributed by atoms with Crippen LogP contribution in [0.5, 0.6) is 0 Å². The zero-order chi connectivity index (χ0) is 18.7. The Bertz CT molecular complexity index is 976. The van der Waals surface area contributed by atoms with Gasteiger partial charge in [0.25, 0.3) is 0 Å². The number of nitrogens with one attached hydrogen (secondary N) is 1. The molecule has 1 amide bonds. The smallest absolute Gasteiger partial charge is 0.318 e. The van der Waals surface area contributed by atoms with Crippen molar-refractivity contribution in [3.63, 3.8) is 0 Å². The molecule has 1 N–H and O–H groups in total. The number of anilines is 1. The van der Waals surface area contributed by atoms with Gasteiger partial charge in [-0.05, 0) is 35.9 Å². The number of fused-ring (bicyclic) bond motifs is 1. The maximum Gasteiger partial charge on any atom is 0.471 e. The van der Waals surface area contributed by atoms with Crippen molar-refractivity contribution in [3.05, 3.63) is 65.2 Å². The van der Waals surface area contributed by atoms with Crippen molar-refractivity contribution < 1.29 is 22.8 Å². The Hall–Kier alpha value is -3.00. The van der Waals surface area contributed by atoms with Gasteiger partial charge in [0, 0.05) is 5.69 Å². The number of rotatable bonds is 4. The first kappa shape index (κ1) is 17.8. The summed E-state index contributed by atoms with van der Waals surface area (Å²) in [5, 5.41) is 2.09. The highest BCUT2D eigenvalue weighted by Crippen LogP contribution is 2.23. The van der Waals surface area contributed by atoms with Gasteiger partial charge in [0.15, 0.2) is 5.01 Å². The fraction of sp³-hybridized carbons (Fsp3) is 0.0556. The second-order valence-electron chi connectivity index (χ2n) is 5.26. The minimum atomic E-state index is -4.96. The van der Waals surface area contributed by atoms with Gasteiger partial charge in [0.2, 0.25) is 5.78 Å². The minimum absolute atomic E-state index is 0.0121. The van der Waals surface area contributed by atoms with E-state index in [4.69, 9.17) is 0 Å². The summed E-state index contributed by atoms with van der Waals surface area (Å²) in [5.74, 6) is -2.36. The Morgan fingerprint density at radius 2 is 1.85 bits per heavy atom. The molecule has 0 saturated heterocycles. The molecule has 0 atom stereocenters. The van der Waals surface area contributed by atoms with Crippen LogP contribution >= 0.6 is 11.3 Å². The van der Waals surface area contributed by atoms with E-state index in [9.17, 15) is 22.8 Å². The fourth-order valence-corrected chi connectivity index (χ4v) is 3.03. The van der Waals surface area contributed by atoms with Crippen molar-refractivity contribution in [3.8, 4) is 0 Å². The highest BCUT2D eigenvalue weighted by molar-refractivity contribution is 7.20. The number of benzene rings is 2. The molecule has 132 valence electrons. The third-order valence-electron chi connectivity index (χ3n) is 3.33. The van der Waals surface area contributed by atoms with E-state index >= 15 is 0 Å². The molecule has 4 nitrogen and oxygen atoms in total. The predicted molar refractivity (Wildman–Crippen MR) is 94.1 cm³/mol.